The van der Waals surface area contributed by atoms with Gasteiger partial charge in [0.15, 0.2) is 0 Å². The zero-order chi connectivity index (χ0) is 34.8. The molecular weight excluding hydrogens is 641 g/mol. The van der Waals surface area contributed by atoms with Crippen LogP contribution in [0.2, 0.25) is 0 Å². The lowest BCUT2D eigenvalue weighted by Crippen LogP contribution is -2.26. The van der Waals surface area contributed by atoms with Crippen LogP contribution in [0.25, 0.3) is 88.1 Å². The Kier molecular flexibility index (Phi) is 5.67. The zero-order valence-electron chi connectivity index (χ0n) is 29.1. The highest BCUT2D eigenvalue weighted by molar-refractivity contribution is 6.20. The summed E-state index contributed by atoms with van der Waals surface area (Å²) >= 11 is 0. The first-order chi connectivity index (χ1) is 26.2. The number of hydrogen-bond acceptors (Lipinski definition) is 1. The summed E-state index contributed by atoms with van der Waals surface area (Å²) in [4.78, 5) is 5.10. The molecule has 2 aliphatic rings. The van der Waals surface area contributed by atoms with Crippen LogP contribution in [0, 0.1) is 0 Å². The maximum Gasteiger partial charge on any atom is 0.140 e. The Labute approximate surface area is 307 Å². The molecule has 0 saturated carbocycles. The summed E-state index contributed by atoms with van der Waals surface area (Å²) in [5.41, 5.74) is 16.0. The molecule has 9 aromatic carbocycles. The predicted molar refractivity (Wildman–Crippen MR) is 220 cm³/mol. The molecule has 0 N–H and O–H groups in total. The number of aromatic nitrogens is 2. The van der Waals surface area contributed by atoms with Crippen LogP contribution >= 0.6 is 0 Å². The number of imidazole rings is 1. The number of fused-ring (bicyclic) bond motifs is 17. The molecule has 0 radical (unpaired) electrons. The SMILES string of the molecule is Cn1c(-c2ccccc2)nc2cc(-c3ccc4cc5c(cc4c3)C3(c4ccccc4-c4ccccc43)c3c-5c4ccccc4c4ccccc34)ccc21. The first-order valence-corrected chi connectivity index (χ1v) is 18.4. The average molecular weight is 673 g/mol. The lowest BCUT2D eigenvalue weighted by Gasteiger charge is -2.32. The molecule has 2 nitrogen and oxygen atoms in total. The maximum atomic E-state index is 5.10. The normalized spacial score (nSPS) is 13.5. The molecule has 10 aromatic rings. The monoisotopic (exact) mass is 672 g/mol. The molecule has 0 aliphatic heterocycles. The number of benzene rings is 9. The third kappa shape index (κ3) is 3.70. The van der Waals surface area contributed by atoms with Crippen molar-refractivity contribution in [1.82, 2.24) is 9.55 Å². The quantitative estimate of drug-likeness (QED) is 0.167. The van der Waals surface area contributed by atoms with E-state index in [9.17, 15) is 0 Å². The summed E-state index contributed by atoms with van der Waals surface area (Å²) in [5, 5.41) is 7.75. The summed E-state index contributed by atoms with van der Waals surface area (Å²) < 4.78 is 2.19. The number of nitrogens with zero attached hydrogens (tertiary/aromatic N) is 2. The molecule has 2 aliphatic carbocycles. The Bertz CT molecular complexity index is 3140. The molecule has 1 aromatic heterocycles. The fraction of sp³-hybridized carbons (Fsp3) is 0.0392. The first-order valence-electron chi connectivity index (χ1n) is 18.4. The Morgan fingerprint density at radius 3 is 1.79 bits per heavy atom. The molecule has 0 fully saturated rings. The lowest BCUT2D eigenvalue weighted by atomic mass is 9.69. The summed E-state index contributed by atoms with van der Waals surface area (Å²) in [5.74, 6) is 0.980. The van der Waals surface area contributed by atoms with Crippen LogP contribution in [0.3, 0.4) is 0 Å². The van der Waals surface area contributed by atoms with Crippen LogP contribution in [-0.2, 0) is 12.5 Å². The summed E-state index contributed by atoms with van der Waals surface area (Å²) in [6, 6.07) is 65.4. The van der Waals surface area contributed by atoms with Gasteiger partial charge in [-0.1, -0.05) is 146 Å². The molecular formula is C51H32N2. The molecule has 0 atom stereocenters. The van der Waals surface area contributed by atoms with Crippen LogP contribution in [0.15, 0.2) is 176 Å². The van der Waals surface area contributed by atoms with E-state index >= 15 is 0 Å². The van der Waals surface area contributed by atoms with Gasteiger partial charge in [0.2, 0.25) is 0 Å². The van der Waals surface area contributed by atoms with Gasteiger partial charge >= 0.3 is 0 Å². The van der Waals surface area contributed by atoms with E-state index < -0.39 is 5.41 Å². The standard InChI is InChI=1S/C51H32N2/c1-53-47-26-25-34(30-46(47)52-50(53)31-13-3-2-4-14-31)32-23-24-33-28-42-45(29-35(33)27-32)51(43-21-11-9-17-38(43)39-18-10-12-22-44(39)51)49-41-20-8-6-16-37(41)36-15-5-7-19-40(36)48(42)49/h2-30H,1H3. The van der Waals surface area contributed by atoms with Crippen LogP contribution in [-0.4, -0.2) is 9.55 Å². The molecule has 246 valence electrons. The molecule has 0 amide bonds. The summed E-state index contributed by atoms with van der Waals surface area (Å²) in [6.07, 6.45) is 0. The smallest absolute Gasteiger partial charge is 0.140 e. The molecule has 1 spiro atoms. The Morgan fingerprint density at radius 2 is 1.04 bits per heavy atom. The van der Waals surface area contributed by atoms with E-state index in [-0.39, 0.29) is 0 Å². The van der Waals surface area contributed by atoms with Crippen molar-refractivity contribution in [3.63, 3.8) is 0 Å². The first kappa shape index (κ1) is 28.9. The molecule has 53 heavy (non-hydrogen) atoms. The molecule has 1 heterocycles. The van der Waals surface area contributed by atoms with E-state index in [0.717, 1.165) is 22.4 Å². The highest BCUT2D eigenvalue weighted by atomic mass is 15.1. The van der Waals surface area contributed by atoms with E-state index in [1.807, 2.05) is 0 Å². The number of hydrogen-bond donors (Lipinski definition) is 0. The second kappa shape index (κ2) is 10.4. The molecule has 0 bridgehead atoms. The lowest BCUT2D eigenvalue weighted by molar-refractivity contribution is 0.803. The fourth-order valence-electron chi connectivity index (χ4n) is 9.96. The van der Waals surface area contributed by atoms with Gasteiger partial charge in [-0.3, -0.25) is 0 Å². The van der Waals surface area contributed by atoms with Crippen LogP contribution in [0.4, 0.5) is 0 Å². The fourth-order valence-corrected chi connectivity index (χ4v) is 9.96. The van der Waals surface area contributed by atoms with Crippen molar-refractivity contribution in [2.24, 2.45) is 7.05 Å². The van der Waals surface area contributed by atoms with Crippen molar-refractivity contribution >= 4 is 43.4 Å². The van der Waals surface area contributed by atoms with Gasteiger partial charge in [0.25, 0.3) is 0 Å². The zero-order valence-corrected chi connectivity index (χ0v) is 29.1. The van der Waals surface area contributed by atoms with E-state index in [4.69, 9.17) is 4.98 Å². The van der Waals surface area contributed by atoms with E-state index in [2.05, 4.69) is 188 Å². The van der Waals surface area contributed by atoms with Crippen molar-refractivity contribution in [3.05, 3.63) is 198 Å². The van der Waals surface area contributed by atoms with E-state index in [0.29, 0.717) is 0 Å². The molecule has 0 saturated heterocycles. The maximum absolute atomic E-state index is 5.10. The minimum absolute atomic E-state index is 0.452. The van der Waals surface area contributed by atoms with Gasteiger partial charge in [-0.2, -0.15) is 0 Å². The van der Waals surface area contributed by atoms with Crippen molar-refractivity contribution in [1.29, 1.82) is 0 Å². The summed E-state index contributed by atoms with van der Waals surface area (Å²) in [7, 11) is 2.10. The van der Waals surface area contributed by atoms with Crippen LogP contribution in [0.5, 0.6) is 0 Å². The van der Waals surface area contributed by atoms with Gasteiger partial charge in [0.1, 0.15) is 5.82 Å². The van der Waals surface area contributed by atoms with Gasteiger partial charge in [-0.25, -0.2) is 4.98 Å². The minimum Gasteiger partial charge on any atom is -0.327 e. The van der Waals surface area contributed by atoms with Crippen LogP contribution in [0.1, 0.15) is 22.3 Å². The minimum atomic E-state index is -0.452. The van der Waals surface area contributed by atoms with E-state index in [1.165, 1.54) is 88.0 Å². The molecule has 12 rings (SSSR count). The third-order valence-electron chi connectivity index (χ3n) is 12.2. The van der Waals surface area contributed by atoms with Gasteiger partial charge in [-0.05, 0) is 118 Å². The Balaban J connectivity index is 1.15. The topological polar surface area (TPSA) is 17.8 Å². The second-order valence-electron chi connectivity index (χ2n) is 14.7. The van der Waals surface area contributed by atoms with Gasteiger partial charge in [-0.15, -0.1) is 0 Å². The van der Waals surface area contributed by atoms with Gasteiger partial charge in [0, 0.05) is 12.6 Å². The Hall–Kier alpha value is -6.77. The van der Waals surface area contributed by atoms with Crippen LogP contribution < -0.4 is 0 Å². The number of rotatable bonds is 2. The third-order valence-corrected chi connectivity index (χ3v) is 12.2. The van der Waals surface area contributed by atoms with Crippen molar-refractivity contribution in [2.75, 3.05) is 0 Å². The van der Waals surface area contributed by atoms with Gasteiger partial charge < -0.3 is 4.57 Å². The highest BCUT2D eigenvalue weighted by Crippen LogP contribution is 2.65. The largest absolute Gasteiger partial charge is 0.327 e. The number of aryl methyl sites for hydroxylation is 1. The molecule has 2 heteroatoms. The second-order valence-corrected chi connectivity index (χ2v) is 14.7. The van der Waals surface area contributed by atoms with Crippen molar-refractivity contribution < 1.29 is 0 Å². The van der Waals surface area contributed by atoms with Gasteiger partial charge in [0.05, 0.1) is 16.4 Å². The molecule has 0 unspecified atom stereocenters. The van der Waals surface area contributed by atoms with E-state index in [1.54, 1.807) is 0 Å². The Morgan fingerprint density at radius 1 is 0.434 bits per heavy atom. The average Bonchev–Trinajstić information content (AvgIpc) is 3.83. The predicted octanol–water partition coefficient (Wildman–Crippen LogP) is 12.7. The highest BCUT2D eigenvalue weighted by Gasteiger charge is 2.53. The van der Waals surface area contributed by atoms with Crippen molar-refractivity contribution in [2.45, 2.75) is 5.41 Å². The summed E-state index contributed by atoms with van der Waals surface area (Å²) in [6.45, 7) is 0. The van der Waals surface area contributed by atoms with Crippen molar-refractivity contribution in [3.8, 4) is 44.8 Å².